The Morgan fingerprint density at radius 2 is 1.78 bits per heavy atom. The first-order valence-corrected chi connectivity index (χ1v) is 5.11. The molecule has 3 N–H and O–H groups in total. The fraction of sp³-hybridized carbons (Fsp3) is 0.455. The maximum atomic E-state index is 13.6. The molecule has 0 heterocycles. The summed E-state index contributed by atoms with van der Waals surface area (Å²) in [5.74, 6) is -1.62. The molecule has 1 rings (SSSR count). The third-order valence-electron chi connectivity index (χ3n) is 2.44. The molecule has 0 aliphatic rings. The van der Waals surface area contributed by atoms with Crippen molar-refractivity contribution in [2.24, 2.45) is 0 Å². The lowest BCUT2D eigenvalue weighted by Gasteiger charge is -2.19. The van der Waals surface area contributed by atoms with Gasteiger partial charge in [0.05, 0.1) is 11.7 Å². The molecule has 102 valence electrons. The maximum absolute atomic E-state index is 13.6. The molecular weight excluding hydrogens is 256 g/mol. The van der Waals surface area contributed by atoms with Crippen molar-refractivity contribution < 1.29 is 32.9 Å². The Balaban J connectivity index is 3.11. The Morgan fingerprint density at radius 1 is 1.17 bits per heavy atom. The van der Waals surface area contributed by atoms with Crippen molar-refractivity contribution in [1.82, 2.24) is 0 Å². The fourth-order valence-electron chi connectivity index (χ4n) is 1.49. The van der Waals surface area contributed by atoms with Gasteiger partial charge in [0, 0.05) is 12.2 Å². The summed E-state index contributed by atoms with van der Waals surface area (Å²) >= 11 is 0. The molecule has 0 amide bonds. The van der Waals surface area contributed by atoms with E-state index in [-0.39, 0.29) is 6.42 Å². The van der Waals surface area contributed by atoms with Crippen LogP contribution in [0.4, 0.5) is 17.6 Å². The van der Waals surface area contributed by atoms with Gasteiger partial charge in [0.2, 0.25) is 0 Å². The van der Waals surface area contributed by atoms with Gasteiger partial charge >= 0.3 is 6.18 Å². The van der Waals surface area contributed by atoms with E-state index in [0.717, 1.165) is 12.1 Å². The molecule has 0 saturated carbocycles. The van der Waals surface area contributed by atoms with Crippen LogP contribution in [0.2, 0.25) is 0 Å². The van der Waals surface area contributed by atoms with Crippen molar-refractivity contribution in [1.29, 1.82) is 0 Å². The smallest absolute Gasteiger partial charge is 0.396 e. The zero-order valence-corrected chi connectivity index (χ0v) is 9.15. The summed E-state index contributed by atoms with van der Waals surface area (Å²) in [6, 6.07) is 2.44. The van der Waals surface area contributed by atoms with Crippen LogP contribution in [0.15, 0.2) is 18.2 Å². The first-order chi connectivity index (χ1) is 8.29. The number of rotatable bonds is 4. The van der Waals surface area contributed by atoms with Gasteiger partial charge in [0.15, 0.2) is 0 Å². The van der Waals surface area contributed by atoms with Crippen LogP contribution in [0.5, 0.6) is 0 Å². The number of aliphatic hydroxyl groups is 3. The molecule has 0 spiro atoms. The van der Waals surface area contributed by atoms with Crippen molar-refractivity contribution in [3.8, 4) is 0 Å². The molecule has 2 unspecified atom stereocenters. The molecule has 0 saturated heterocycles. The van der Waals surface area contributed by atoms with Crippen molar-refractivity contribution in [2.75, 3.05) is 6.61 Å². The maximum Gasteiger partial charge on any atom is 0.419 e. The average molecular weight is 268 g/mol. The lowest BCUT2D eigenvalue weighted by molar-refractivity contribution is -0.140. The first kappa shape index (κ1) is 14.9. The topological polar surface area (TPSA) is 60.7 Å². The Labute approximate surface area is 100 Å². The van der Waals surface area contributed by atoms with E-state index in [4.69, 9.17) is 5.11 Å². The van der Waals surface area contributed by atoms with Gasteiger partial charge in [0.25, 0.3) is 0 Å². The van der Waals surface area contributed by atoms with Crippen LogP contribution in [0.1, 0.15) is 23.7 Å². The summed E-state index contributed by atoms with van der Waals surface area (Å²) < 4.78 is 50.8. The molecule has 0 radical (unpaired) electrons. The summed E-state index contributed by atoms with van der Waals surface area (Å²) in [4.78, 5) is 0. The highest BCUT2D eigenvalue weighted by Crippen LogP contribution is 2.34. The Bertz CT molecular complexity index is 406. The molecule has 0 aromatic heterocycles. The second-order valence-electron chi connectivity index (χ2n) is 3.73. The molecule has 1 aromatic carbocycles. The van der Waals surface area contributed by atoms with Crippen LogP contribution in [0.25, 0.3) is 0 Å². The molecule has 7 heteroatoms. The molecule has 18 heavy (non-hydrogen) atoms. The molecule has 2 atom stereocenters. The largest absolute Gasteiger partial charge is 0.419 e. The highest BCUT2D eigenvalue weighted by atomic mass is 19.4. The van der Waals surface area contributed by atoms with Gasteiger partial charge < -0.3 is 15.3 Å². The van der Waals surface area contributed by atoms with Crippen LogP contribution in [0.3, 0.4) is 0 Å². The van der Waals surface area contributed by atoms with Crippen molar-refractivity contribution >= 4 is 0 Å². The van der Waals surface area contributed by atoms with E-state index in [1.807, 2.05) is 0 Å². The average Bonchev–Trinajstić information content (AvgIpc) is 2.27. The lowest BCUT2D eigenvalue weighted by Crippen LogP contribution is -2.22. The van der Waals surface area contributed by atoms with Crippen LogP contribution in [-0.4, -0.2) is 28.0 Å². The normalized spacial score (nSPS) is 15.5. The highest BCUT2D eigenvalue weighted by molar-refractivity contribution is 5.30. The minimum Gasteiger partial charge on any atom is -0.396 e. The van der Waals surface area contributed by atoms with Crippen LogP contribution in [-0.2, 0) is 6.18 Å². The van der Waals surface area contributed by atoms with E-state index in [1.54, 1.807) is 0 Å². The quantitative estimate of drug-likeness (QED) is 0.727. The molecule has 0 fully saturated rings. The summed E-state index contributed by atoms with van der Waals surface area (Å²) in [6.07, 6.45) is -8.49. The van der Waals surface area contributed by atoms with Gasteiger partial charge in [-0.15, -0.1) is 0 Å². The zero-order chi connectivity index (χ0) is 13.9. The van der Waals surface area contributed by atoms with E-state index >= 15 is 0 Å². The number of benzene rings is 1. The predicted molar refractivity (Wildman–Crippen MR) is 54.1 cm³/mol. The lowest BCUT2D eigenvalue weighted by atomic mass is 9.99. The summed E-state index contributed by atoms with van der Waals surface area (Å²) in [6.45, 7) is -0.473. The van der Waals surface area contributed by atoms with Crippen molar-refractivity contribution in [3.05, 3.63) is 35.1 Å². The van der Waals surface area contributed by atoms with E-state index in [2.05, 4.69) is 0 Å². The third-order valence-corrected chi connectivity index (χ3v) is 2.44. The summed E-state index contributed by atoms with van der Waals surface area (Å²) in [7, 11) is 0. The number of hydrogen-bond acceptors (Lipinski definition) is 3. The second-order valence-corrected chi connectivity index (χ2v) is 3.73. The molecule has 0 aliphatic heterocycles. The molecule has 3 nitrogen and oxygen atoms in total. The predicted octanol–water partition coefficient (Wildman–Crippen LogP) is 1.62. The number of alkyl halides is 3. The van der Waals surface area contributed by atoms with Gasteiger partial charge in [-0.05, 0) is 12.5 Å². The molecule has 1 aromatic rings. The van der Waals surface area contributed by atoms with Gasteiger partial charge in [0.1, 0.15) is 11.9 Å². The molecule has 0 bridgehead atoms. The van der Waals surface area contributed by atoms with Crippen molar-refractivity contribution in [3.63, 3.8) is 0 Å². The van der Waals surface area contributed by atoms with E-state index in [0.29, 0.717) is 6.07 Å². The highest BCUT2D eigenvalue weighted by Gasteiger charge is 2.36. The Morgan fingerprint density at radius 3 is 2.28 bits per heavy atom. The Hall–Kier alpha value is -1.18. The summed E-state index contributed by atoms with van der Waals surface area (Å²) in [5, 5.41) is 27.4. The number of halogens is 4. The second kappa shape index (κ2) is 5.64. The van der Waals surface area contributed by atoms with Gasteiger partial charge in [-0.2, -0.15) is 13.2 Å². The van der Waals surface area contributed by atoms with Crippen molar-refractivity contribution in [2.45, 2.75) is 24.8 Å². The Kier molecular flexibility index (Phi) is 4.66. The summed E-state index contributed by atoms with van der Waals surface area (Å²) in [5.41, 5.74) is -2.15. The SMILES string of the molecule is OCCC(O)C(O)c1cccc(C(F)(F)F)c1F. The minimum atomic E-state index is -4.87. The number of aliphatic hydroxyl groups excluding tert-OH is 3. The zero-order valence-electron chi connectivity index (χ0n) is 9.15. The van der Waals surface area contributed by atoms with Gasteiger partial charge in [-0.1, -0.05) is 12.1 Å². The monoisotopic (exact) mass is 268 g/mol. The van der Waals surface area contributed by atoms with Gasteiger partial charge in [-0.25, -0.2) is 4.39 Å². The number of hydrogen-bond donors (Lipinski definition) is 3. The first-order valence-electron chi connectivity index (χ1n) is 5.11. The third kappa shape index (κ3) is 3.18. The molecular formula is C11H12F4O3. The van der Waals surface area contributed by atoms with E-state index in [9.17, 15) is 27.8 Å². The van der Waals surface area contributed by atoms with E-state index in [1.165, 1.54) is 0 Å². The van der Waals surface area contributed by atoms with Crippen LogP contribution in [0, 0.1) is 5.82 Å². The fourth-order valence-corrected chi connectivity index (χ4v) is 1.49. The standard InChI is InChI=1S/C11H12F4O3/c12-9-6(10(18)8(17)4-5-16)2-1-3-7(9)11(13,14)15/h1-3,8,10,16-18H,4-5H2. The van der Waals surface area contributed by atoms with Gasteiger partial charge in [-0.3, -0.25) is 0 Å². The van der Waals surface area contributed by atoms with Crippen LogP contribution >= 0.6 is 0 Å². The minimum absolute atomic E-state index is 0.267. The van der Waals surface area contributed by atoms with E-state index < -0.39 is 41.9 Å². The van der Waals surface area contributed by atoms with Crippen LogP contribution < -0.4 is 0 Å². The molecule has 0 aliphatic carbocycles.